The number of hydrogen-bond acceptors (Lipinski definition) is 5. The summed E-state index contributed by atoms with van der Waals surface area (Å²) < 4.78 is 7.23. The van der Waals surface area contributed by atoms with Gasteiger partial charge in [-0.25, -0.2) is 9.50 Å². The van der Waals surface area contributed by atoms with Crippen LogP contribution in [0.3, 0.4) is 0 Å². The molecule has 0 aliphatic rings. The van der Waals surface area contributed by atoms with Crippen molar-refractivity contribution in [1.29, 1.82) is 5.26 Å². The van der Waals surface area contributed by atoms with Crippen molar-refractivity contribution < 1.29 is 9.53 Å². The maximum absolute atomic E-state index is 12.2. The lowest BCUT2D eigenvalue weighted by Crippen LogP contribution is -2.10. The minimum atomic E-state index is -0.265. The summed E-state index contributed by atoms with van der Waals surface area (Å²) in [6.45, 7) is 4.17. The van der Waals surface area contributed by atoms with E-state index in [9.17, 15) is 4.79 Å². The first-order chi connectivity index (χ1) is 14.1. The summed E-state index contributed by atoms with van der Waals surface area (Å²) in [6, 6.07) is 17.0. The molecule has 144 valence electrons. The third-order valence-electron chi connectivity index (χ3n) is 5.08. The van der Waals surface area contributed by atoms with E-state index >= 15 is 0 Å². The molecule has 2 heterocycles. The van der Waals surface area contributed by atoms with Crippen molar-refractivity contribution in [2.75, 3.05) is 0 Å². The highest BCUT2D eigenvalue weighted by atomic mass is 16.5. The number of nitrogens with zero attached hydrogens (tertiary/aromatic N) is 4. The Kier molecular flexibility index (Phi) is 4.96. The molecule has 2 aromatic carbocycles. The van der Waals surface area contributed by atoms with Gasteiger partial charge >= 0.3 is 5.97 Å². The van der Waals surface area contributed by atoms with Gasteiger partial charge in [0, 0.05) is 23.2 Å². The van der Waals surface area contributed by atoms with Crippen molar-refractivity contribution in [1.82, 2.24) is 14.6 Å². The number of aryl methyl sites for hydroxylation is 2. The van der Waals surface area contributed by atoms with Crippen molar-refractivity contribution in [3.05, 3.63) is 76.6 Å². The molecule has 0 aliphatic carbocycles. The second kappa shape index (κ2) is 7.72. The molecule has 0 aliphatic heterocycles. The molecule has 2 aromatic heterocycles. The first kappa shape index (κ1) is 18.6. The molecule has 0 saturated heterocycles. The van der Waals surface area contributed by atoms with E-state index in [1.54, 1.807) is 24.3 Å². The van der Waals surface area contributed by atoms with Gasteiger partial charge < -0.3 is 4.74 Å². The van der Waals surface area contributed by atoms with Crippen molar-refractivity contribution in [3.8, 4) is 6.07 Å². The third kappa shape index (κ3) is 3.67. The molecular weight excluding hydrogens is 364 g/mol. The highest BCUT2D eigenvalue weighted by Gasteiger charge is 2.15. The number of fused-ring (bicyclic) bond motifs is 3. The quantitative estimate of drug-likeness (QED) is 0.485. The molecule has 4 aromatic rings. The molecule has 0 N–H and O–H groups in total. The monoisotopic (exact) mass is 384 g/mol. The third-order valence-corrected chi connectivity index (χ3v) is 5.08. The molecule has 0 atom stereocenters. The summed E-state index contributed by atoms with van der Waals surface area (Å²) in [5.74, 6) is -0.265. The Bertz CT molecular complexity index is 1250. The Morgan fingerprint density at radius 3 is 2.66 bits per heavy atom. The van der Waals surface area contributed by atoms with Gasteiger partial charge in [0.05, 0.1) is 17.1 Å². The fourth-order valence-electron chi connectivity index (χ4n) is 3.48. The first-order valence-corrected chi connectivity index (χ1v) is 9.45. The Hall–Kier alpha value is -3.72. The fraction of sp³-hybridized carbons (Fsp3) is 0.217. The molecule has 4 rings (SSSR count). The summed E-state index contributed by atoms with van der Waals surface area (Å²) in [6.07, 6.45) is 0.814. The van der Waals surface area contributed by atoms with Gasteiger partial charge in [-0.3, -0.25) is 4.79 Å². The SMILES string of the molecule is Cc1nc2c3ccccc3nn2c(C)c1CCC(=O)OCc1ccc(C#N)cc1. The minimum Gasteiger partial charge on any atom is -0.461 e. The molecular formula is C23H20N4O2. The number of nitriles is 1. The van der Waals surface area contributed by atoms with Gasteiger partial charge in [-0.1, -0.05) is 24.3 Å². The molecule has 0 fully saturated rings. The highest BCUT2D eigenvalue weighted by Crippen LogP contribution is 2.23. The van der Waals surface area contributed by atoms with Gasteiger partial charge in [-0.05, 0) is 55.7 Å². The van der Waals surface area contributed by atoms with Crippen LogP contribution in [0.15, 0.2) is 48.5 Å². The van der Waals surface area contributed by atoms with E-state index < -0.39 is 0 Å². The minimum absolute atomic E-state index is 0.199. The number of esters is 1. The van der Waals surface area contributed by atoms with Crippen LogP contribution in [0.5, 0.6) is 0 Å². The van der Waals surface area contributed by atoms with Crippen LogP contribution in [0.1, 0.15) is 34.5 Å². The average molecular weight is 384 g/mol. The maximum atomic E-state index is 12.2. The standard InChI is InChI=1S/C23H20N4O2/c1-15-19(11-12-22(28)29-14-18-9-7-17(13-24)8-10-18)16(2)27-23(25-15)20-5-3-4-6-21(20)26-27/h3-10H,11-12,14H2,1-2H3. The highest BCUT2D eigenvalue weighted by molar-refractivity contribution is 5.92. The topological polar surface area (TPSA) is 80.3 Å². The fourth-order valence-corrected chi connectivity index (χ4v) is 3.48. The van der Waals surface area contributed by atoms with Gasteiger partial charge in [-0.15, -0.1) is 0 Å². The van der Waals surface area contributed by atoms with Crippen LogP contribution in [0.2, 0.25) is 0 Å². The lowest BCUT2D eigenvalue weighted by atomic mass is 10.1. The predicted octanol–water partition coefficient (Wildman–Crippen LogP) is 4.05. The molecule has 29 heavy (non-hydrogen) atoms. The van der Waals surface area contributed by atoms with Crippen molar-refractivity contribution in [2.45, 2.75) is 33.3 Å². The Balaban J connectivity index is 1.46. The van der Waals surface area contributed by atoms with Gasteiger partial charge in [0.25, 0.3) is 0 Å². The molecule has 6 nitrogen and oxygen atoms in total. The number of carbonyl (C=O) groups is 1. The van der Waals surface area contributed by atoms with E-state index in [0.717, 1.165) is 39.1 Å². The summed E-state index contributed by atoms with van der Waals surface area (Å²) in [4.78, 5) is 17.0. The van der Waals surface area contributed by atoms with Crippen LogP contribution in [0.4, 0.5) is 0 Å². The van der Waals surface area contributed by atoms with Crippen LogP contribution in [0.25, 0.3) is 16.6 Å². The lowest BCUT2D eigenvalue weighted by molar-refractivity contribution is -0.144. The van der Waals surface area contributed by atoms with Crippen LogP contribution in [-0.4, -0.2) is 20.6 Å². The van der Waals surface area contributed by atoms with Gasteiger partial charge in [0.2, 0.25) is 0 Å². The van der Waals surface area contributed by atoms with E-state index in [1.165, 1.54) is 0 Å². The molecule has 0 amide bonds. The second-order valence-electron chi connectivity index (χ2n) is 6.98. The molecule has 0 spiro atoms. The summed E-state index contributed by atoms with van der Waals surface area (Å²) in [5.41, 5.74) is 6.09. The van der Waals surface area contributed by atoms with Crippen molar-refractivity contribution in [3.63, 3.8) is 0 Å². The average Bonchev–Trinajstić information content (AvgIpc) is 3.11. The summed E-state index contributed by atoms with van der Waals surface area (Å²) in [5, 5.41) is 14.5. The summed E-state index contributed by atoms with van der Waals surface area (Å²) in [7, 11) is 0. The Morgan fingerprint density at radius 1 is 1.14 bits per heavy atom. The maximum Gasteiger partial charge on any atom is 0.306 e. The van der Waals surface area contributed by atoms with E-state index in [1.807, 2.05) is 42.6 Å². The second-order valence-corrected chi connectivity index (χ2v) is 6.98. The Morgan fingerprint density at radius 2 is 1.90 bits per heavy atom. The van der Waals surface area contributed by atoms with Crippen LogP contribution in [-0.2, 0) is 22.6 Å². The van der Waals surface area contributed by atoms with Crippen LogP contribution >= 0.6 is 0 Å². The number of rotatable bonds is 5. The zero-order valence-corrected chi connectivity index (χ0v) is 16.3. The number of ether oxygens (including phenoxy) is 1. The smallest absolute Gasteiger partial charge is 0.306 e. The van der Waals surface area contributed by atoms with E-state index in [4.69, 9.17) is 15.0 Å². The van der Waals surface area contributed by atoms with E-state index in [-0.39, 0.29) is 19.0 Å². The van der Waals surface area contributed by atoms with Gasteiger partial charge in [0.15, 0.2) is 5.65 Å². The van der Waals surface area contributed by atoms with Crippen molar-refractivity contribution >= 4 is 22.5 Å². The normalized spacial score (nSPS) is 10.9. The van der Waals surface area contributed by atoms with Gasteiger partial charge in [-0.2, -0.15) is 10.4 Å². The van der Waals surface area contributed by atoms with Crippen LogP contribution < -0.4 is 0 Å². The lowest BCUT2D eigenvalue weighted by Gasteiger charge is -2.11. The van der Waals surface area contributed by atoms with Crippen molar-refractivity contribution in [2.24, 2.45) is 0 Å². The largest absolute Gasteiger partial charge is 0.461 e. The number of hydrogen-bond donors (Lipinski definition) is 0. The Labute approximate surface area is 168 Å². The summed E-state index contributed by atoms with van der Waals surface area (Å²) >= 11 is 0. The zero-order chi connectivity index (χ0) is 20.4. The van der Waals surface area contributed by atoms with E-state index in [2.05, 4.69) is 11.2 Å². The molecule has 0 saturated carbocycles. The van der Waals surface area contributed by atoms with E-state index in [0.29, 0.717) is 12.0 Å². The molecule has 6 heteroatoms. The number of benzene rings is 2. The molecule has 0 bridgehead atoms. The first-order valence-electron chi connectivity index (χ1n) is 9.45. The van der Waals surface area contributed by atoms with Gasteiger partial charge in [0.1, 0.15) is 6.61 Å². The van der Waals surface area contributed by atoms with Crippen LogP contribution in [0, 0.1) is 25.2 Å². The molecule has 0 unspecified atom stereocenters. The molecule has 0 radical (unpaired) electrons. The number of aromatic nitrogens is 3. The predicted molar refractivity (Wildman–Crippen MR) is 109 cm³/mol. The number of carbonyl (C=O) groups excluding carboxylic acids is 1. The zero-order valence-electron chi connectivity index (χ0n) is 16.3.